The van der Waals surface area contributed by atoms with Crippen LogP contribution in [0.25, 0.3) is 0 Å². The number of anilines is 2. The summed E-state index contributed by atoms with van der Waals surface area (Å²) in [7, 11) is 1.72. The first-order chi connectivity index (χ1) is 8.02. The fourth-order valence-electron chi connectivity index (χ4n) is 1.20. The Balaban J connectivity index is 2.62. The van der Waals surface area contributed by atoms with Crippen molar-refractivity contribution in [2.24, 2.45) is 0 Å². The van der Waals surface area contributed by atoms with Crippen LogP contribution in [0.4, 0.5) is 16.2 Å². The van der Waals surface area contributed by atoms with Crippen LogP contribution in [-0.2, 0) is 4.79 Å². The normalized spacial score (nSPS) is 9.59. The van der Waals surface area contributed by atoms with Crippen molar-refractivity contribution < 1.29 is 9.59 Å². The van der Waals surface area contributed by atoms with Gasteiger partial charge in [-0.25, -0.2) is 4.79 Å². The molecule has 0 aromatic heterocycles. The summed E-state index contributed by atoms with van der Waals surface area (Å²) < 4.78 is 0. The molecule has 0 aliphatic carbocycles. The Bertz CT molecular complexity index is 401. The lowest BCUT2D eigenvalue weighted by Gasteiger charge is -2.15. The summed E-state index contributed by atoms with van der Waals surface area (Å²) in [5.41, 5.74) is 1.41. The number of urea groups is 1. The second-order valence-electron chi connectivity index (χ2n) is 3.70. The van der Waals surface area contributed by atoms with Crippen molar-refractivity contribution in [2.75, 3.05) is 24.2 Å². The van der Waals surface area contributed by atoms with Crippen LogP contribution in [0.15, 0.2) is 24.3 Å². The third-order valence-corrected chi connectivity index (χ3v) is 2.28. The molecule has 0 aliphatic rings. The lowest BCUT2D eigenvalue weighted by Crippen LogP contribution is -2.30. The third kappa shape index (κ3) is 4.14. The quantitative estimate of drug-likeness (QED) is 0.843. The monoisotopic (exact) mass is 235 g/mol. The molecule has 0 fully saturated rings. The minimum absolute atomic E-state index is 0.118. The molecule has 17 heavy (non-hydrogen) atoms. The maximum atomic E-state index is 11.6. The van der Waals surface area contributed by atoms with E-state index < -0.39 is 0 Å². The van der Waals surface area contributed by atoms with Crippen molar-refractivity contribution >= 4 is 23.3 Å². The SMILES string of the molecule is CCN(C)C(=O)Nc1ccc(NC(C)=O)cc1. The second kappa shape index (κ2) is 5.89. The topological polar surface area (TPSA) is 61.4 Å². The zero-order valence-electron chi connectivity index (χ0n) is 10.3. The summed E-state index contributed by atoms with van der Waals surface area (Å²) in [6, 6.07) is 6.81. The van der Waals surface area contributed by atoms with Crippen LogP contribution in [0.1, 0.15) is 13.8 Å². The Morgan fingerprint density at radius 1 is 1.12 bits per heavy atom. The highest BCUT2D eigenvalue weighted by atomic mass is 16.2. The largest absolute Gasteiger partial charge is 0.328 e. The molecule has 2 N–H and O–H groups in total. The van der Waals surface area contributed by atoms with Crippen molar-refractivity contribution in [3.05, 3.63) is 24.3 Å². The molecule has 5 heteroatoms. The number of carbonyl (C=O) groups is 2. The van der Waals surface area contributed by atoms with Crippen LogP contribution in [0.5, 0.6) is 0 Å². The fraction of sp³-hybridized carbons (Fsp3) is 0.333. The van der Waals surface area contributed by atoms with Crippen LogP contribution in [-0.4, -0.2) is 30.4 Å². The number of nitrogens with one attached hydrogen (secondary N) is 2. The highest BCUT2D eigenvalue weighted by molar-refractivity contribution is 5.91. The van der Waals surface area contributed by atoms with E-state index in [2.05, 4.69) is 10.6 Å². The summed E-state index contributed by atoms with van der Waals surface area (Å²) >= 11 is 0. The smallest absolute Gasteiger partial charge is 0.321 e. The number of rotatable bonds is 3. The zero-order valence-corrected chi connectivity index (χ0v) is 10.3. The van der Waals surface area contributed by atoms with Crippen LogP contribution < -0.4 is 10.6 Å². The van der Waals surface area contributed by atoms with E-state index in [-0.39, 0.29) is 11.9 Å². The molecule has 92 valence electrons. The molecule has 1 aromatic carbocycles. The second-order valence-corrected chi connectivity index (χ2v) is 3.70. The van der Waals surface area contributed by atoms with Gasteiger partial charge in [0.25, 0.3) is 0 Å². The van der Waals surface area contributed by atoms with Crippen LogP contribution in [0, 0.1) is 0 Å². The van der Waals surface area contributed by atoms with E-state index in [1.807, 2.05) is 6.92 Å². The molecular weight excluding hydrogens is 218 g/mol. The van der Waals surface area contributed by atoms with Gasteiger partial charge in [0.2, 0.25) is 5.91 Å². The summed E-state index contributed by atoms with van der Waals surface area (Å²) in [5, 5.41) is 5.40. The fourth-order valence-corrected chi connectivity index (χ4v) is 1.20. The van der Waals surface area contributed by atoms with Crippen molar-refractivity contribution in [1.82, 2.24) is 4.90 Å². The van der Waals surface area contributed by atoms with E-state index >= 15 is 0 Å². The van der Waals surface area contributed by atoms with Gasteiger partial charge in [-0.2, -0.15) is 0 Å². The van der Waals surface area contributed by atoms with Crippen LogP contribution >= 0.6 is 0 Å². The van der Waals surface area contributed by atoms with E-state index in [0.717, 1.165) is 0 Å². The average Bonchev–Trinajstić information content (AvgIpc) is 2.30. The summed E-state index contributed by atoms with van der Waals surface area (Å²) in [5.74, 6) is -0.118. The van der Waals surface area contributed by atoms with E-state index in [1.165, 1.54) is 6.92 Å². The lowest BCUT2D eigenvalue weighted by molar-refractivity contribution is -0.114. The Labute approximate surface area is 101 Å². The van der Waals surface area contributed by atoms with Crippen molar-refractivity contribution in [1.29, 1.82) is 0 Å². The molecular formula is C12H17N3O2. The van der Waals surface area contributed by atoms with Gasteiger partial charge >= 0.3 is 6.03 Å². The van der Waals surface area contributed by atoms with Gasteiger partial charge in [0.1, 0.15) is 0 Å². The van der Waals surface area contributed by atoms with Crippen LogP contribution in [0.3, 0.4) is 0 Å². The first-order valence-electron chi connectivity index (χ1n) is 5.42. The summed E-state index contributed by atoms with van der Waals surface area (Å²) in [6.07, 6.45) is 0. The predicted molar refractivity (Wildman–Crippen MR) is 68.1 cm³/mol. The molecule has 5 nitrogen and oxygen atoms in total. The van der Waals surface area contributed by atoms with Gasteiger partial charge in [0, 0.05) is 31.9 Å². The molecule has 0 aliphatic heterocycles. The minimum Gasteiger partial charge on any atom is -0.328 e. The standard InChI is InChI=1S/C12H17N3O2/c1-4-15(3)12(17)14-11-7-5-10(6-8-11)13-9(2)16/h5-8H,4H2,1-3H3,(H,13,16)(H,14,17). The Hall–Kier alpha value is -2.04. The highest BCUT2D eigenvalue weighted by Gasteiger charge is 2.05. The van der Waals surface area contributed by atoms with E-state index in [0.29, 0.717) is 17.9 Å². The molecule has 3 amide bonds. The van der Waals surface area contributed by atoms with Gasteiger partial charge in [-0.3, -0.25) is 4.79 Å². The molecule has 0 saturated heterocycles. The predicted octanol–water partition coefficient (Wildman–Crippen LogP) is 2.13. The van der Waals surface area contributed by atoms with Crippen molar-refractivity contribution in [3.8, 4) is 0 Å². The highest BCUT2D eigenvalue weighted by Crippen LogP contribution is 2.13. The molecule has 0 saturated carbocycles. The first-order valence-corrected chi connectivity index (χ1v) is 5.42. The number of amides is 3. The minimum atomic E-state index is -0.153. The Morgan fingerprint density at radius 2 is 1.59 bits per heavy atom. The number of benzene rings is 1. The van der Waals surface area contributed by atoms with Gasteiger partial charge in [0.15, 0.2) is 0 Å². The first kappa shape index (κ1) is 13.0. The van der Waals surface area contributed by atoms with E-state index in [1.54, 1.807) is 36.2 Å². The Morgan fingerprint density at radius 3 is 2.00 bits per heavy atom. The van der Waals surface area contributed by atoms with Gasteiger partial charge < -0.3 is 15.5 Å². The summed E-state index contributed by atoms with van der Waals surface area (Å²) in [6.45, 7) is 4.00. The van der Waals surface area contributed by atoms with E-state index in [9.17, 15) is 9.59 Å². The number of carbonyl (C=O) groups excluding carboxylic acids is 2. The molecule has 0 heterocycles. The molecule has 0 spiro atoms. The molecule has 0 atom stereocenters. The van der Waals surface area contributed by atoms with Gasteiger partial charge in [-0.1, -0.05) is 0 Å². The third-order valence-electron chi connectivity index (χ3n) is 2.28. The molecule has 0 unspecified atom stereocenters. The molecule has 0 radical (unpaired) electrons. The number of nitrogens with zero attached hydrogens (tertiary/aromatic N) is 1. The maximum Gasteiger partial charge on any atom is 0.321 e. The van der Waals surface area contributed by atoms with Crippen molar-refractivity contribution in [3.63, 3.8) is 0 Å². The van der Waals surface area contributed by atoms with Gasteiger partial charge in [-0.05, 0) is 31.2 Å². The lowest BCUT2D eigenvalue weighted by atomic mass is 10.3. The number of hydrogen-bond acceptors (Lipinski definition) is 2. The molecule has 1 rings (SSSR count). The van der Waals surface area contributed by atoms with E-state index in [4.69, 9.17) is 0 Å². The molecule has 0 bridgehead atoms. The number of hydrogen-bond donors (Lipinski definition) is 2. The van der Waals surface area contributed by atoms with Crippen molar-refractivity contribution in [2.45, 2.75) is 13.8 Å². The maximum absolute atomic E-state index is 11.6. The average molecular weight is 235 g/mol. The Kier molecular flexibility index (Phi) is 4.51. The van der Waals surface area contributed by atoms with Gasteiger partial charge in [0.05, 0.1) is 0 Å². The summed E-state index contributed by atoms with van der Waals surface area (Å²) in [4.78, 5) is 23.9. The zero-order chi connectivity index (χ0) is 12.8. The molecule has 1 aromatic rings. The van der Waals surface area contributed by atoms with Gasteiger partial charge in [-0.15, -0.1) is 0 Å². The van der Waals surface area contributed by atoms with Crippen LogP contribution in [0.2, 0.25) is 0 Å².